The standard InChI is InChI=1S/C11H16N2O2.C2HF3O2/c1-15-8-10(12)11(14)13-7-9-5-3-2-4-6-9;3-2(4,5)1(6)7/h2-6,10H,7-8,12H2,1H3,(H,13,14);(H,6,7)/t10-;/m1./s1. The largest absolute Gasteiger partial charge is 0.490 e. The molecule has 0 bridgehead atoms. The second kappa shape index (κ2) is 9.74. The van der Waals surface area contributed by atoms with Gasteiger partial charge in [-0.15, -0.1) is 0 Å². The van der Waals surface area contributed by atoms with Crippen LogP contribution in [0.25, 0.3) is 0 Å². The van der Waals surface area contributed by atoms with E-state index in [1.807, 2.05) is 30.3 Å². The molecule has 0 unspecified atom stereocenters. The molecule has 0 saturated heterocycles. The summed E-state index contributed by atoms with van der Waals surface area (Å²) in [7, 11) is 1.52. The van der Waals surface area contributed by atoms with Gasteiger partial charge < -0.3 is 20.9 Å². The lowest BCUT2D eigenvalue weighted by atomic mass is 10.2. The summed E-state index contributed by atoms with van der Waals surface area (Å²) >= 11 is 0. The van der Waals surface area contributed by atoms with Crippen molar-refractivity contribution >= 4 is 11.9 Å². The molecule has 0 spiro atoms. The quantitative estimate of drug-likeness (QED) is 0.748. The highest BCUT2D eigenvalue weighted by atomic mass is 19.4. The van der Waals surface area contributed by atoms with Crippen molar-refractivity contribution in [3.8, 4) is 0 Å². The number of nitrogens with one attached hydrogen (secondary N) is 1. The molecule has 1 amide bonds. The molecule has 1 rings (SSSR count). The van der Waals surface area contributed by atoms with E-state index in [-0.39, 0.29) is 12.5 Å². The second-order valence-electron chi connectivity index (χ2n) is 4.07. The van der Waals surface area contributed by atoms with Crippen LogP contribution in [0.2, 0.25) is 0 Å². The van der Waals surface area contributed by atoms with Crippen LogP contribution in [-0.2, 0) is 20.9 Å². The van der Waals surface area contributed by atoms with Crippen molar-refractivity contribution in [3.63, 3.8) is 0 Å². The molecule has 1 atom stereocenters. The fraction of sp³-hybridized carbons (Fsp3) is 0.385. The Kier molecular flexibility index (Phi) is 8.80. The molecule has 1 aromatic rings. The van der Waals surface area contributed by atoms with Crippen molar-refractivity contribution in [1.29, 1.82) is 0 Å². The van der Waals surface area contributed by atoms with Gasteiger partial charge in [-0.25, -0.2) is 4.79 Å². The molecule has 124 valence electrons. The Balaban J connectivity index is 0.000000534. The summed E-state index contributed by atoms with van der Waals surface area (Å²) in [5, 5.41) is 9.86. The van der Waals surface area contributed by atoms with Crippen LogP contribution in [0, 0.1) is 0 Å². The summed E-state index contributed by atoms with van der Waals surface area (Å²) in [6.45, 7) is 0.734. The Morgan fingerprint density at radius 2 is 1.82 bits per heavy atom. The molecule has 0 saturated carbocycles. The molecular formula is C13H17F3N2O4. The van der Waals surface area contributed by atoms with Gasteiger partial charge in [0.2, 0.25) is 5.91 Å². The highest BCUT2D eigenvalue weighted by molar-refractivity contribution is 5.81. The van der Waals surface area contributed by atoms with Gasteiger partial charge in [-0.2, -0.15) is 13.2 Å². The zero-order chi connectivity index (χ0) is 17.2. The lowest BCUT2D eigenvalue weighted by Crippen LogP contribution is -2.43. The lowest BCUT2D eigenvalue weighted by Gasteiger charge is -2.10. The maximum atomic E-state index is 11.4. The Labute approximate surface area is 125 Å². The molecule has 0 fully saturated rings. The van der Waals surface area contributed by atoms with Crippen molar-refractivity contribution in [3.05, 3.63) is 35.9 Å². The number of hydrogen-bond donors (Lipinski definition) is 3. The van der Waals surface area contributed by atoms with E-state index in [4.69, 9.17) is 20.4 Å². The molecule has 0 heterocycles. The first-order valence-corrected chi connectivity index (χ1v) is 6.04. The number of amides is 1. The number of carboxylic acid groups (broad SMARTS) is 1. The molecule has 1 aromatic carbocycles. The SMILES string of the molecule is COC[C@@H](N)C(=O)NCc1ccccc1.O=C(O)C(F)(F)F. The molecule has 0 aliphatic carbocycles. The lowest BCUT2D eigenvalue weighted by molar-refractivity contribution is -0.192. The number of halogens is 3. The first kappa shape index (κ1) is 19.9. The van der Waals surface area contributed by atoms with Crippen LogP contribution in [-0.4, -0.2) is 42.9 Å². The van der Waals surface area contributed by atoms with E-state index in [0.29, 0.717) is 6.54 Å². The number of alkyl halides is 3. The van der Waals surface area contributed by atoms with Gasteiger partial charge in [-0.1, -0.05) is 30.3 Å². The van der Waals surface area contributed by atoms with Gasteiger partial charge in [-0.3, -0.25) is 4.79 Å². The van der Waals surface area contributed by atoms with Gasteiger partial charge in [0.05, 0.1) is 6.61 Å². The monoisotopic (exact) mass is 322 g/mol. The number of rotatable bonds is 5. The van der Waals surface area contributed by atoms with E-state index in [1.165, 1.54) is 7.11 Å². The van der Waals surface area contributed by atoms with Crippen molar-refractivity contribution in [2.45, 2.75) is 18.8 Å². The van der Waals surface area contributed by atoms with Gasteiger partial charge in [0.15, 0.2) is 0 Å². The van der Waals surface area contributed by atoms with Crippen molar-refractivity contribution < 1.29 is 32.6 Å². The summed E-state index contributed by atoms with van der Waals surface area (Å²) in [6.07, 6.45) is -5.08. The maximum Gasteiger partial charge on any atom is 0.490 e. The Bertz CT molecular complexity index is 466. The molecule has 6 nitrogen and oxygen atoms in total. The van der Waals surface area contributed by atoms with E-state index in [9.17, 15) is 18.0 Å². The number of carboxylic acids is 1. The summed E-state index contributed by atoms with van der Waals surface area (Å²) in [4.78, 5) is 20.3. The van der Waals surface area contributed by atoms with E-state index in [1.54, 1.807) is 0 Å². The number of ether oxygens (including phenoxy) is 1. The van der Waals surface area contributed by atoms with E-state index in [2.05, 4.69) is 5.32 Å². The highest BCUT2D eigenvalue weighted by Crippen LogP contribution is 2.13. The van der Waals surface area contributed by atoms with Gasteiger partial charge in [0, 0.05) is 13.7 Å². The average Bonchev–Trinajstić information content (AvgIpc) is 2.45. The molecule has 9 heteroatoms. The molecule has 0 aromatic heterocycles. The molecular weight excluding hydrogens is 305 g/mol. The second-order valence-corrected chi connectivity index (χ2v) is 4.07. The number of aliphatic carboxylic acids is 1. The summed E-state index contributed by atoms with van der Waals surface area (Å²) in [5.74, 6) is -2.95. The third-order valence-corrected chi connectivity index (χ3v) is 2.24. The van der Waals surface area contributed by atoms with E-state index >= 15 is 0 Å². The summed E-state index contributed by atoms with van der Waals surface area (Å²) < 4.78 is 36.5. The number of carbonyl (C=O) groups is 2. The number of hydrogen-bond acceptors (Lipinski definition) is 4. The first-order valence-electron chi connectivity index (χ1n) is 6.04. The zero-order valence-electron chi connectivity index (χ0n) is 11.8. The minimum atomic E-state index is -5.08. The van der Waals surface area contributed by atoms with Gasteiger partial charge in [-0.05, 0) is 5.56 Å². The Morgan fingerprint density at radius 3 is 2.23 bits per heavy atom. The molecule has 0 radical (unpaired) electrons. The maximum absolute atomic E-state index is 11.4. The number of nitrogens with two attached hydrogens (primary N) is 1. The van der Waals surface area contributed by atoms with Crippen LogP contribution in [0.3, 0.4) is 0 Å². The minimum absolute atomic E-state index is 0.194. The predicted molar refractivity (Wildman–Crippen MR) is 71.8 cm³/mol. The first-order chi connectivity index (χ1) is 10.2. The number of carbonyl (C=O) groups excluding carboxylic acids is 1. The fourth-order valence-corrected chi connectivity index (χ4v) is 1.17. The van der Waals surface area contributed by atoms with Gasteiger partial charge in [0.25, 0.3) is 0 Å². The van der Waals surface area contributed by atoms with Crippen molar-refractivity contribution in [2.24, 2.45) is 5.73 Å². The third kappa shape index (κ3) is 8.93. The van der Waals surface area contributed by atoms with E-state index < -0.39 is 18.2 Å². The normalized spacial score (nSPS) is 11.9. The molecule has 0 aliphatic rings. The number of benzene rings is 1. The predicted octanol–water partition coefficient (Wildman–Crippen LogP) is 0.910. The van der Waals surface area contributed by atoms with Crippen LogP contribution in [0.5, 0.6) is 0 Å². The fourth-order valence-electron chi connectivity index (χ4n) is 1.17. The molecule has 22 heavy (non-hydrogen) atoms. The minimum Gasteiger partial charge on any atom is -0.475 e. The summed E-state index contributed by atoms with van der Waals surface area (Å²) in [5.41, 5.74) is 6.61. The highest BCUT2D eigenvalue weighted by Gasteiger charge is 2.38. The third-order valence-electron chi connectivity index (χ3n) is 2.24. The van der Waals surface area contributed by atoms with Crippen LogP contribution >= 0.6 is 0 Å². The Hall–Kier alpha value is -2.13. The summed E-state index contributed by atoms with van der Waals surface area (Å²) in [6, 6.07) is 9.08. The topological polar surface area (TPSA) is 102 Å². The smallest absolute Gasteiger partial charge is 0.475 e. The van der Waals surface area contributed by atoms with Gasteiger partial charge in [0.1, 0.15) is 6.04 Å². The number of methoxy groups -OCH3 is 1. The van der Waals surface area contributed by atoms with Crippen LogP contribution in [0.1, 0.15) is 5.56 Å². The van der Waals surface area contributed by atoms with Crippen LogP contribution < -0.4 is 11.1 Å². The zero-order valence-corrected chi connectivity index (χ0v) is 11.8. The molecule has 4 N–H and O–H groups in total. The Morgan fingerprint density at radius 1 is 1.32 bits per heavy atom. The van der Waals surface area contributed by atoms with Crippen LogP contribution in [0.15, 0.2) is 30.3 Å². The van der Waals surface area contributed by atoms with Crippen LogP contribution in [0.4, 0.5) is 13.2 Å². The van der Waals surface area contributed by atoms with Crippen molar-refractivity contribution in [2.75, 3.05) is 13.7 Å². The van der Waals surface area contributed by atoms with E-state index in [0.717, 1.165) is 5.56 Å². The average molecular weight is 322 g/mol. The van der Waals surface area contributed by atoms with Crippen molar-refractivity contribution in [1.82, 2.24) is 5.32 Å². The van der Waals surface area contributed by atoms with Gasteiger partial charge >= 0.3 is 12.1 Å². The molecule has 0 aliphatic heterocycles.